The molecule has 1 saturated carbocycles. The van der Waals surface area contributed by atoms with Crippen LogP contribution < -0.4 is 10.6 Å². The highest BCUT2D eigenvalue weighted by Crippen LogP contribution is 2.30. The number of carbonyl (C=O) groups is 2. The van der Waals surface area contributed by atoms with Gasteiger partial charge in [-0.2, -0.15) is 13.2 Å². The average Bonchev–Trinajstić information content (AvgIpc) is 3.48. The highest BCUT2D eigenvalue weighted by Gasteiger charge is 2.30. The van der Waals surface area contributed by atoms with Crippen LogP contribution in [0, 0.1) is 0 Å². The molecule has 0 radical (unpaired) electrons. The van der Waals surface area contributed by atoms with Gasteiger partial charge in [0.25, 0.3) is 5.91 Å². The fourth-order valence-corrected chi connectivity index (χ4v) is 3.50. The van der Waals surface area contributed by atoms with Crippen LogP contribution in [0.15, 0.2) is 55.0 Å². The third-order valence-electron chi connectivity index (χ3n) is 5.55. The number of nitrogens with zero attached hydrogens (tertiary/aromatic N) is 3. The topological polar surface area (TPSA) is 117 Å². The van der Waals surface area contributed by atoms with Crippen LogP contribution in [0.1, 0.15) is 60.0 Å². The Bertz CT molecular complexity index is 1140. The van der Waals surface area contributed by atoms with E-state index >= 15 is 0 Å². The molecule has 196 valence electrons. The lowest BCUT2D eigenvalue weighted by Crippen LogP contribution is -2.26. The number of halogens is 3. The molecule has 4 rings (SSSR count). The largest absolute Gasteiger partial charge is 0.481 e. The molecule has 0 bridgehead atoms. The standard InChI is InChI=1S/C21H18F3N5O3.C5H10/c22-21(23,24)16-4-1-14(2-5-16)19-28-10-13(11-29-19)9-26-17-6-3-15(12-27-17)20(32)25-8-7-18(30)31;1-2-4-5-3-1/h1-6,10-12H,7-9H2,(H,25,32)(H,26,27)(H,30,31);1-5H2. The van der Waals surface area contributed by atoms with E-state index in [0.717, 1.165) is 17.7 Å². The zero-order valence-corrected chi connectivity index (χ0v) is 20.1. The second-order valence-electron chi connectivity index (χ2n) is 8.44. The predicted octanol–water partition coefficient (Wildman–Crippen LogP) is 5.32. The molecular weight excluding hydrogens is 487 g/mol. The summed E-state index contributed by atoms with van der Waals surface area (Å²) in [6, 6.07) is 7.75. The van der Waals surface area contributed by atoms with Gasteiger partial charge < -0.3 is 15.7 Å². The van der Waals surface area contributed by atoms with E-state index in [0.29, 0.717) is 29.3 Å². The van der Waals surface area contributed by atoms with E-state index in [4.69, 9.17) is 5.11 Å². The van der Waals surface area contributed by atoms with Crippen molar-refractivity contribution < 1.29 is 27.9 Å². The van der Waals surface area contributed by atoms with Gasteiger partial charge in [-0.3, -0.25) is 9.59 Å². The number of aliphatic carboxylic acids is 1. The molecular formula is C26H28F3N5O3. The number of amides is 1. The molecule has 0 aliphatic heterocycles. The number of benzene rings is 1. The minimum atomic E-state index is -4.40. The van der Waals surface area contributed by atoms with E-state index in [2.05, 4.69) is 25.6 Å². The maximum absolute atomic E-state index is 12.7. The number of carboxylic acids is 1. The lowest BCUT2D eigenvalue weighted by Gasteiger charge is -2.08. The number of anilines is 1. The molecule has 0 atom stereocenters. The summed E-state index contributed by atoms with van der Waals surface area (Å²) in [5, 5.41) is 14.1. The van der Waals surface area contributed by atoms with Crippen LogP contribution in [0.5, 0.6) is 0 Å². The fraction of sp³-hybridized carbons (Fsp3) is 0.346. The van der Waals surface area contributed by atoms with Gasteiger partial charge >= 0.3 is 12.1 Å². The van der Waals surface area contributed by atoms with Crippen molar-refractivity contribution in [3.8, 4) is 11.4 Å². The average molecular weight is 516 g/mol. The molecule has 1 aromatic carbocycles. The lowest BCUT2D eigenvalue weighted by molar-refractivity contribution is -0.138. The van der Waals surface area contributed by atoms with Gasteiger partial charge in [0.05, 0.1) is 17.5 Å². The van der Waals surface area contributed by atoms with Crippen LogP contribution in [0.3, 0.4) is 0 Å². The Morgan fingerprint density at radius 2 is 1.49 bits per heavy atom. The van der Waals surface area contributed by atoms with E-state index in [1.54, 1.807) is 24.5 Å². The summed E-state index contributed by atoms with van der Waals surface area (Å²) < 4.78 is 38.0. The minimum Gasteiger partial charge on any atom is -0.481 e. The van der Waals surface area contributed by atoms with Gasteiger partial charge in [0.15, 0.2) is 5.82 Å². The van der Waals surface area contributed by atoms with Crippen LogP contribution in [-0.4, -0.2) is 38.5 Å². The van der Waals surface area contributed by atoms with Gasteiger partial charge in [0, 0.05) is 42.8 Å². The van der Waals surface area contributed by atoms with Crippen molar-refractivity contribution in [1.82, 2.24) is 20.3 Å². The van der Waals surface area contributed by atoms with Crippen molar-refractivity contribution in [2.24, 2.45) is 0 Å². The minimum absolute atomic E-state index is 0.0244. The number of hydrogen-bond donors (Lipinski definition) is 3. The number of alkyl halides is 3. The zero-order chi connectivity index (χ0) is 26.7. The second-order valence-corrected chi connectivity index (χ2v) is 8.44. The van der Waals surface area contributed by atoms with Gasteiger partial charge in [-0.25, -0.2) is 15.0 Å². The zero-order valence-electron chi connectivity index (χ0n) is 20.1. The first-order chi connectivity index (χ1) is 17.7. The molecule has 1 aliphatic rings. The number of carbonyl (C=O) groups excluding carboxylic acids is 1. The van der Waals surface area contributed by atoms with Crippen molar-refractivity contribution in [3.63, 3.8) is 0 Å². The van der Waals surface area contributed by atoms with E-state index < -0.39 is 23.6 Å². The number of rotatable bonds is 8. The highest BCUT2D eigenvalue weighted by atomic mass is 19.4. The van der Waals surface area contributed by atoms with E-state index in [1.807, 2.05) is 0 Å². The van der Waals surface area contributed by atoms with Crippen molar-refractivity contribution in [3.05, 3.63) is 71.7 Å². The number of carboxylic acid groups (broad SMARTS) is 1. The van der Waals surface area contributed by atoms with Gasteiger partial charge in [-0.1, -0.05) is 44.2 Å². The summed E-state index contributed by atoms with van der Waals surface area (Å²) in [5.74, 6) is -0.616. The Morgan fingerprint density at radius 1 is 0.865 bits per heavy atom. The summed E-state index contributed by atoms with van der Waals surface area (Å²) in [4.78, 5) is 34.9. The van der Waals surface area contributed by atoms with E-state index in [-0.39, 0.29) is 13.0 Å². The van der Waals surface area contributed by atoms with Crippen molar-refractivity contribution in [1.29, 1.82) is 0 Å². The quantitative estimate of drug-likeness (QED) is 0.371. The molecule has 37 heavy (non-hydrogen) atoms. The molecule has 1 fully saturated rings. The van der Waals surface area contributed by atoms with Crippen molar-refractivity contribution in [2.75, 3.05) is 11.9 Å². The third kappa shape index (κ3) is 9.17. The SMILES string of the molecule is C1CCCC1.O=C(O)CCNC(=O)c1ccc(NCc2cnc(-c3ccc(C(F)(F)F)cc3)nc2)nc1. The van der Waals surface area contributed by atoms with Gasteiger partial charge in [-0.15, -0.1) is 0 Å². The van der Waals surface area contributed by atoms with E-state index in [9.17, 15) is 22.8 Å². The maximum atomic E-state index is 12.7. The first-order valence-corrected chi connectivity index (χ1v) is 11.9. The Morgan fingerprint density at radius 3 is 2.00 bits per heavy atom. The predicted molar refractivity (Wildman–Crippen MR) is 132 cm³/mol. The van der Waals surface area contributed by atoms with Crippen LogP contribution in [0.25, 0.3) is 11.4 Å². The fourth-order valence-electron chi connectivity index (χ4n) is 3.50. The molecule has 0 saturated heterocycles. The maximum Gasteiger partial charge on any atom is 0.416 e. The molecule has 1 amide bonds. The number of nitrogens with one attached hydrogen (secondary N) is 2. The monoisotopic (exact) mass is 515 g/mol. The molecule has 8 nitrogen and oxygen atoms in total. The first-order valence-electron chi connectivity index (χ1n) is 11.9. The van der Waals surface area contributed by atoms with Crippen molar-refractivity contribution in [2.45, 2.75) is 51.2 Å². The Balaban J connectivity index is 0.000000678. The van der Waals surface area contributed by atoms with Crippen molar-refractivity contribution >= 4 is 17.7 Å². The van der Waals surface area contributed by atoms with Gasteiger partial charge in [0.1, 0.15) is 5.82 Å². The van der Waals surface area contributed by atoms with Crippen LogP contribution >= 0.6 is 0 Å². The second kappa shape index (κ2) is 13.3. The number of pyridine rings is 1. The summed E-state index contributed by atoms with van der Waals surface area (Å²) in [6.45, 7) is 0.362. The molecule has 2 aromatic heterocycles. The van der Waals surface area contributed by atoms with E-state index in [1.165, 1.54) is 50.4 Å². The van der Waals surface area contributed by atoms with Crippen LogP contribution in [0.4, 0.5) is 19.0 Å². The van der Waals surface area contributed by atoms with Gasteiger partial charge in [-0.05, 0) is 24.3 Å². The molecule has 0 unspecified atom stereocenters. The third-order valence-corrected chi connectivity index (χ3v) is 5.55. The normalized spacial score (nSPS) is 12.8. The molecule has 0 spiro atoms. The summed E-state index contributed by atoms with van der Waals surface area (Å²) in [6.07, 6.45) is 7.40. The molecule has 1 aliphatic carbocycles. The Kier molecular flexibility index (Phi) is 9.93. The number of hydrogen-bond acceptors (Lipinski definition) is 6. The Labute approximate surface area is 212 Å². The van der Waals surface area contributed by atoms with Gasteiger partial charge in [0.2, 0.25) is 0 Å². The molecule has 3 aromatic rings. The van der Waals surface area contributed by atoms with Crippen LogP contribution in [0.2, 0.25) is 0 Å². The molecule has 3 N–H and O–H groups in total. The smallest absolute Gasteiger partial charge is 0.416 e. The first kappa shape index (κ1) is 27.6. The highest BCUT2D eigenvalue weighted by molar-refractivity contribution is 5.94. The lowest BCUT2D eigenvalue weighted by atomic mass is 10.1. The molecule has 2 heterocycles. The molecule has 11 heteroatoms. The number of aromatic nitrogens is 3. The summed E-state index contributed by atoms with van der Waals surface area (Å²) in [5.41, 5.74) is 0.748. The summed E-state index contributed by atoms with van der Waals surface area (Å²) in [7, 11) is 0. The summed E-state index contributed by atoms with van der Waals surface area (Å²) >= 11 is 0. The Hall–Kier alpha value is -4.02. The van der Waals surface area contributed by atoms with Crippen LogP contribution in [-0.2, 0) is 17.5 Å².